The van der Waals surface area contributed by atoms with E-state index < -0.39 is 0 Å². The lowest BCUT2D eigenvalue weighted by atomic mass is 10.1. The first-order chi connectivity index (χ1) is 10.1. The molecule has 1 aromatic carbocycles. The normalized spacial score (nSPS) is 10.7. The molecular formula is C16H22N2O2S. The maximum atomic E-state index is 5.32. The predicted octanol–water partition coefficient (Wildman–Crippen LogP) is 3.11. The van der Waals surface area contributed by atoms with Crippen molar-refractivity contribution in [2.75, 3.05) is 20.8 Å². The van der Waals surface area contributed by atoms with E-state index in [4.69, 9.17) is 9.47 Å². The monoisotopic (exact) mass is 306 g/mol. The molecule has 2 aromatic rings. The highest BCUT2D eigenvalue weighted by Gasteiger charge is 2.06. The Morgan fingerprint density at radius 1 is 1.14 bits per heavy atom. The van der Waals surface area contributed by atoms with E-state index in [9.17, 15) is 0 Å². The first-order valence-electron chi connectivity index (χ1n) is 6.98. The van der Waals surface area contributed by atoms with Crippen molar-refractivity contribution in [1.29, 1.82) is 0 Å². The highest BCUT2D eigenvalue weighted by atomic mass is 32.1. The molecule has 0 spiro atoms. The fourth-order valence-corrected chi connectivity index (χ4v) is 3.12. The highest BCUT2D eigenvalue weighted by molar-refractivity contribution is 7.11. The van der Waals surface area contributed by atoms with Gasteiger partial charge < -0.3 is 14.8 Å². The van der Waals surface area contributed by atoms with E-state index in [2.05, 4.69) is 23.3 Å². The van der Waals surface area contributed by atoms with E-state index in [1.54, 1.807) is 25.6 Å². The summed E-state index contributed by atoms with van der Waals surface area (Å²) in [6.45, 7) is 5.91. The zero-order chi connectivity index (χ0) is 15.2. The van der Waals surface area contributed by atoms with Gasteiger partial charge in [-0.3, -0.25) is 0 Å². The van der Waals surface area contributed by atoms with Gasteiger partial charge in [-0.25, -0.2) is 4.98 Å². The largest absolute Gasteiger partial charge is 0.493 e. The molecule has 0 saturated heterocycles. The van der Waals surface area contributed by atoms with Crippen molar-refractivity contribution >= 4 is 11.3 Å². The number of ether oxygens (including phenoxy) is 2. The SMILES string of the molecule is COc1ccc(CCNCc2sc(C)nc2C)cc1OC. The summed E-state index contributed by atoms with van der Waals surface area (Å²) in [5.41, 5.74) is 2.37. The number of aryl methyl sites for hydroxylation is 2. The Kier molecular flexibility index (Phi) is 5.59. The predicted molar refractivity (Wildman–Crippen MR) is 86.5 cm³/mol. The number of rotatable bonds is 7. The Hall–Kier alpha value is -1.59. The average molecular weight is 306 g/mol. The second kappa shape index (κ2) is 7.43. The summed E-state index contributed by atoms with van der Waals surface area (Å²) in [6, 6.07) is 6.05. The molecule has 1 N–H and O–H groups in total. The second-order valence-corrected chi connectivity index (χ2v) is 6.15. The van der Waals surface area contributed by atoms with Crippen LogP contribution in [0.15, 0.2) is 18.2 Å². The Morgan fingerprint density at radius 2 is 1.90 bits per heavy atom. The number of aromatic nitrogens is 1. The van der Waals surface area contributed by atoms with E-state index in [1.807, 2.05) is 19.1 Å². The Bertz CT molecular complexity index is 596. The molecule has 0 fully saturated rings. The number of thiazole rings is 1. The van der Waals surface area contributed by atoms with Crippen molar-refractivity contribution in [1.82, 2.24) is 10.3 Å². The fraction of sp³-hybridized carbons (Fsp3) is 0.438. The van der Waals surface area contributed by atoms with Gasteiger partial charge in [-0.2, -0.15) is 0 Å². The van der Waals surface area contributed by atoms with Crippen LogP contribution in [0.1, 0.15) is 21.1 Å². The summed E-state index contributed by atoms with van der Waals surface area (Å²) in [5, 5.41) is 4.60. The molecule has 0 bridgehead atoms. The van der Waals surface area contributed by atoms with Crippen LogP contribution in [0.2, 0.25) is 0 Å². The van der Waals surface area contributed by atoms with Crippen LogP contribution < -0.4 is 14.8 Å². The molecule has 0 amide bonds. The topological polar surface area (TPSA) is 43.4 Å². The number of benzene rings is 1. The minimum Gasteiger partial charge on any atom is -0.493 e. The lowest BCUT2D eigenvalue weighted by molar-refractivity contribution is 0.354. The zero-order valence-electron chi connectivity index (χ0n) is 13.0. The number of nitrogens with zero attached hydrogens (tertiary/aromatic N) is 1. The van der Waals surface area contributed by atoms with Crippen LogP contribution in [0, 0.1) is 13.8 Å². The van der Waals surface area contributed by atoms with Gasteiger partial charge >= 0.3 is 0 Å². The molecule has 2 rings (SSSR count). The number of methoxy groups -OCH3 is 2. The standard InChI is InChI=1S/C16H22N2O2S/c1-11-16(21-12(2)18-11)10-17-8-7-13-5-6-14(19-3)15(9-13)20-4/h5-6,9,17H,7-8,10H2,1-4H3. The molecule has 0 unspecified atom stereocenters. The molecule has 0 aliphatic rings. The van der Waals surface area contributed by atoms with Crippen molar-refractivity contribution in [3.63, 3.8) is 0 Å². The van der Waals surface area contributed by atoms with E-state index in [0.29, 0.717) is 0 Å². The van der Waals surface area contributed by atoms with Gasteiger partial charge in [0.15, 0.2) is 11.5 Å². The fourth-order valence-electron chi connectivity index (χ4n) is 2.21. The van der Waals surface area contributed by atoms with Crippen molar-refractivity contribution < 1.29 is 9.47 Å². The molecule has 4 nitrogen and oxygen atoms in total. The summed E-state index contributed by atoms with van der Waals surface area (Å²) < 4.78 is 10.6. The lowest BCUT2D eigenvalue weighted by Gasteiger charge is -2.10. The Morgan fingerprint density at radius 3 is 2.52 bits per heavy atom. The van der Waals surface area contributed by atoms with E-state index in [0.717, 1.165) is 41.7 Å². The highest BCUT2D eigenvalue weighted by Crippen LogP contribution is 2.27. The maximum Gasteiger partial charge on any atom is 0.160 e. The van der Waals surface area contributed by atoms with Gasteiger partial charge in [0.1, 0.15) is 0 Å². The first-order valence-corrected chi connectivity index (χ1v) is 7.80. The van der Waals surface area contributed by atoms with Crippen molar-refractivity contribution in [2.24, 2.45) is 0 Å². The number of nitrogens with one attached hydrogen (secondary N) is 1. The molecule has 1 heterocycles. The van der Waals surface area contributed by atoms with Crippen LogP contribution in [0.5, 0.6) is 11.5 Å². The first kappa shape index (κ1) is 15.8. The molecule has 5 heteroatoms. The van der Waals surface area contributed by atoms with Crippen LogP contribution in [-0.4, -0.2) is 25.7 Å². The van der Waals surface area contributed by atoms with Crippen molar-refractivity contribution in [3.05, 3.63) is 39.3 Å². The average Bonchev–Trinajstić information content (AvgIpc) is 2.81. The van der Waals surface area contributed by atoms with Gasteiger partial charge in [-0.05, 0) is 44.5 Å². The van der Waals surface area contributed by atoms with Crippen LogP contribution >= 0.6 is 11.3 Å². The molecule has 0 aliphatic carbocycles. The summed E-state index contributed by atoms with van der Waals surface area (Å²) in [5.74, 6) is 1.55. The smallest absolute Gasteiger partial charge is 0.160 e. The molecule has 0 aliphatic heterocycles. The minimum absolute atomic E-state index is 0.768. The van der Waals surface area contributed by atoms with Gasteiger partial charge in [-0.1, -0.05) is 6.07 Å². The molecule has 21 heavy (non-hydrogen) atoms. The summed E-state index contributed by atoms with van der Waals surface area (Å²) in [4.78, 5) is 5.76. The minimum atomic E-state index is 0.768. The van der Waals surface area contributed by atoms with Gasteiger partial charge in [0.25, 0.3) is 0 Å². The van der Waals surface area contributed by atoms with Gasteiger partial charge in [0.2, 0.25) is 0 Å². The van der Waals surface area contributed by atoms with Gasteiger partial charge in [-0.15, -0.1) is 11.3 Å². The molecule has 0 radical (unpaired) electrons. The van der Waals surface area contributed by atoms with Gasteiger partial charge in [0, 0.05) is 11.4 Å². The number of hydrogen-bond acceptors (Lipinski definition) is 5. The van der Waals surface area contributed by atoms with Crippen molar-refractivity contribution in [2.45, 2.75) is 26.8 Å². The van der Waals surface area contributed by atoms with Crippen LogP contribution in [0.25, 0.3) is 0 Å². The zero-order valence-corrected chi connectivity index (χ0v) is 13.8. The van der Waals surface area contributed by atoms with Gasteiger partial charge in [0.05, 0.1) is 24.9 Å². The van der Waals surface area contributed by atoms with E-state index in [1.165, 1.54) is 10.4 Å². The van der Waals surface area contributed by atoms with E-state index in [-0.39, 0.29) is 0 Å². The third kappa shape index (κ3) is 4.19. The second-order valence-electron chi connectivity index (χ2n) is 4.86. The third-order valence-electron chi connectivity index (χ3n) is 3.32. The molecule has 1 aromatic heterocycles. The summed E-state index contributed by atoms with van der Waals surface area (Å²) >= 11 is 1.76. The summed E-state index contributed by atoms with van der Waals surface area (Å²) in [7, 11) is 3.31. The molecule has 0 saturated carbocycles. The van der Waals surface area contributed by atoms with E-state index >= 15 is 0 Å². The third-order valence-corrected chi connectivity index (χ3v) is 4.40. The Balaban J connectivity index is 1.85. The lowest BCUT2D eigenvalue weighted by Crippen LogP contribution is -2.16. The Labute approximate surface area is 130 Å². The van der Waals surface area contributed by atoms with Crippen LogP contribution in [-0.2, 0) is 13.0 Å². The molecule has 0 atom stereocenters. The van der Waals surface area contributed by atoms with Crippen LogP contribution in [0.4, 0.5) is 0 Å². The maximum absolute atomic E-state index is 5.32. The van der Waals surface area contributed by atoms with Crippen molar-refractivity contribution in [3.8, 4) is 11.5 Å². The molecule has 114 valence electrons. The van der Waals surface area contributed by atoms with Crippen LogP contribution in [0.3, 0.4) is 0 Å². The molecular weight excluding hydrogens is 284 g/mol. The number of hydrogen-bond donors (Lipinski definition) is 1. The quantitative estimate of drug-likeness (QED) is 0.798. The summed E-state index contributed by atoms with van der Waals surface area (Å²) in [6.07, 6.45) is 0.956.